The maximum Gasteiger partial charge on any atom is 0.221 e. The molecule has 2 N–H and O–H groups in total. The quantitative estimate of drug-likeness (QED) is 0.854. The van der Waals surface area contributed by atoms with Gasteiger partial charge in [-0.1, -0.05) is 18.2 Å². The molecule has 0 spiro atoms. The fraction of sp³-hybridized carbons (Fsp3) is 0.533. The average molecular weight is 264 g/mol. The number of halogens is 1. The van der Waals surface area contributed by atoms with Crippen LogP contribution in [0.4, 0.5) is 4.39 Å². The number of hydrogen-bond acceptors (Lipinski definition) is 2. The minimum Gasteiger partial charge on any atom is -0.353 e. The molecule has 1 heterocycles. The van der Waals surface area contributed by atoms with Gasteiger partial charge in [-0.15, -0.1) is 0 Å². The molecule has 0 radical (unpaired) electrons. The summed E-state index contributed by atoms with van der Waals surface area (Å²) in [5.74, 6) is -0.163. The Morgan fingerprint density at radius 3 is 3.00 bits per heavy atom. The number of rotatable bonds is 5. The molecule has 1 saturated heterocycles. The minimum atomic E-state index is -0.207. The van der Waals surface area contributed by atoms with E-state index in [9.17, 15) is 9.18 Å². The molecule has 1 aliphatic heterocycles. The van der Waals surface area contributed by atoms with Crippen LogP contribution in [0.1, 0.15) is 31.7 Å². The normalized spacial score (nSPS) is 20.2. The van der Waals surface area contributed by atoms with Crippen LogP contribution in [0.5, 0.6) is 0 Å². The van der Waals surface area contributed by atoms with E-state index in [1.807, 2.05) is 13.0 Å². The largest absolute Gasteiger partial charge is 0.353 e. The summed E-state index contributed by atoms with van der Waals surface area (Å²) in [5.41, 5.74) is 0.647. The highest BCUT2D eigenvalue weighted by Crippen LogP contribution is 2.11. The van der Waals surface area contributed by atoms with Crippen molar-refractivity contribution in [2.45, 2.75) is 44.7 Å². The van der Waals surface area contributed by atoms with Crippen molar-refractivity contribution in [1.29, 1.82) is 0 Å². The average Bonchev–Trinajstić information content (AvgIpc) is 2.84. The van der Waals surface area contributed by atoms with Crippen molar-refractivity contribution in [3.8, 4) is 0 Å². The highest BCUT2D eigenvalue weighted by atomic mass is 19.1. The van der Waals surface area contributed by atoms with Crippen LogP contribution in [0.25, 0.3) is 0 Å². The Morgan fingerprint density at radius 2 is 2.32 bits per heavy atom. The van der Waals surface area contributed by atoms with E-state index < -0.39 is 0 Å². The Hall–Kier alpha value is -1.42. The van der Waals surface area contributed by atoms with Gasteiger partial charge in [-0.2, -0.15) is 0 Å². The van der Waals surface area contributed by atoms with Crippen LogP contribution in [0.3, 0.4) is 0 Å². The summed E-state index contributed by atoms with van der Waals surface area (Å²) in [5, 5.41) is 6.24. The zero-order chi connectivity index (χ0) is 13.7. The predicted octanol–water partition coefficient (Wildman–Crippen LogP) is 2.02. The maximum atomic E-state index is 13.5. The molecular weight excluding hydrogens is 243 g/mol. The number of carbonyl (C=O) groups is 1. The summed E-state index contributed by atoms with van der Waals surface area (Å²) in [6.07, 6.45) is 3.25. The molecule has 0 aromatic heterocycles. The van der Waals surface area contributed by atoms with Crippen LogP contribution in [0.15, 0.2) is 24.3 Å². The third kappa shape index (κ3) is 4.31. The zero-order valence-corrected chi connectivity index (χ0v) is 11.3. The van der Waals surface area contributed by atoms with E-state index in [4.69, 9.17) is 0 Å². The number of nitrogens with one attached hydrogen (secondary N) is 2. The Morgan fingerprint density at radius 1 is 1.53 bits per heavy atom. The maximum absolute atomic E-state index is 13.5. The number of hydrogen-bond donors (Lipinski definition) is 2. The van der Waals surface area contributed by atoms with Gasteiger partial charge in [0.05, 0.1) is 0 Å². The molecule has 1 aliphatic rings. The molecule has 1 aromatic carbocycles. The summed E-state index contributed by atoms with van der Waals surface area (Å²) >= 11 is 0. The lowest BCUT2D eigenvalue weighted by Gasteiger charge is -2.16. The second-order valence-electron chi connectivity index (χ2n) is 5.26. The molecule has 1 aromatic rings. The van der Waals surface area contributed by atoms with Gasteiger partial charge in [-0.25, -0.2) is 4.39 Å². The van der Waals surface area contributed by atoms with Gasteiger partial charge in [0.2, 0.25) is 5.91 Å². The van der Waals surface area contributed by atoms with Crippen molar-refractivity contribution in [3.63, 3.8) is 0 Å². The fourth-order valence-corrected chi connectivity index (χ4v) is 2.53. The second-order valence-corrected chi connectivity index (χ2v) is 5.26. The molecule has 1 amide bonds. The van der Waals surface area contributed by atoms with Gasteiger partial charge >= 0.3 is 0 Å². The van der Waals surface area contributed by atoms with Crippen LogP contribution < -0.4 is 10.6 Å². The van der Waals surface area contributed by atoms with Crippen LogP contribution >= 0.6 is 0 Å². The van der Waals surface area contributed by atoms with E-state index in [0.29, 0.717) is 24.4 Å². The van der Waals surface area contributed by atoms with Crippen molar-refractivity contribution >= 4 is 5.91 Å². The predicted molar refractivity (Wildman–Crippen MR) is 73.4 cm³/mol. The molecule has 0 bridgehead atoms. The van der Waals surface area contributed by atoms with Gasteiger partial charge in [0.25, 0.3) is 0 Å². The first kappa shape index (κ1) is 14.0. The Labute approximate surface area is 113 Å². The zero-order valence-electron chi connectivity index (χ0n) is 11.3. The second kappa shape index (κ2) is 6.66. The first-order valence-electron chi connectivity index (χ1n) is 6.91. The molecule has 19 heavy (non-hydrogen) atoms. The monoisotopic (exact) mass is 264 g/mol. The summed E-state index contributed by atoms with van der Waals surface area (Å²) in [7, 11) is 0. The smallest absolute Gasteiger partial charge is 0.221 e. The van der Waals surface area contributed by atoms with E-state index in [0.717, 1.165) is 19.4 Å². The molecule has 0 aliphatic carbocycles. The van der Waals surface area contributed by atoms with Crippen LogP contribution in [0, 0.1) is 5.82 Å². The molecule has 3 nitrogen and oxygen atoms in total. The van der Waals surface area contributed by atoms with Crippen molar-refractivity contribution in [1.82, 2.24) is 10.6 Å². The number of benzene rings is 1. The first-order chi connectivity index (χ1) is 9.15. The SMILES string of the molecule is CC(Cc1ccccc1F)NC(=O)CC1CCCN1. The Bertz CT molecular complexity index is 430. The van der Waals surface area contributed by atoms with Crippen LogP contribution in [-0.2, 0) is 11.2 Å². The van der Waals surface area contributed by atoms with Crippen molar-refractivity contribution in [3.05, 3.63) is 35.6 Å². The summed E-state index contributed by atoms with van der Waals surface area (Å²) < 4.78 is 13.5. The van der Waals surface area contributed by atoms with Gasteiger partial charge < -0.3 is 10.6 Å². The molecule has 2 rings (SSSR count). The van der Waals surface area contributed by atoms with Crippen molar-refractivity contribution in [2.75, 3.05) is 6.54 Å². The highest BCUT2D eigenvalue weighted by molar-refractivity contribution is 5.76. The molecule has 2 atom stereocenters. The van der Waals surface area contributed by atoms with Gasteiger partial charge in [0.15, 0.2) is 0 Å². The third-order valence-corrected chi connectivity index (χ3v) is 3.49. The summed E-state index contributed by atoms with van der Waals surface area (Å²) in [6, 6.07) is 6.96. The van der Waals surface area contributed by atoms with Gasteiger partial charge in [-0.05, 0) is 44.4 Å². The van der Waals surface area contributed by atoms with Crippen LogP contribution in [0.2, 0.25) is 0 Å². The third-order valence-electron chi connectivity index (χ3n) is 3.49. The molecule has 104 valence electrons. The Kier molecular flexibility index (Phi) is 4.91. The first-order valence-corrected chi connectivity index (χ1v) is 6.91. The van der Waals surface area contributed by atoms with Gasteiger partial charge in [0.1, 0.15) is 5.82 Å². The molecule has 4 heteroatoms. The molecule has 0 saturated carbocycles. The van der Waals surface area contributed by atoms with E-state index >= 15 is 0 Å². The lowest BCUT2D eigenvalue weighted by atomic mass is 10.1. The van der Waals surface area contributed by atoms with Gasteiger partial charge in [-0.3, -0.25) is 4.79 Å². The van der Waals surface area contributed by atoms with E-state index in [-0.39, 0.29) is 17.8 Å². The van der Waals surface area contributed by atoms with Gasteiger partial charge in [0, 0.05) is 18.5 Å². The number of amides is 1. The highest BCUT2D eigenvalue weighted by Gasteiger charge is 2.18. The standard InChI is InChI=1S/C15H21FN2O/c1-11(9-12-5-2-3-7-14(12)16)18-15(19)10-13-6-4-8-17-13/h2-3,5,7,11,13,17H,4,6,8-10H2,1H3,(H,18,19). The minimum absolute atomic E-state index is 0.0447. The molecular formula is C15H21FN2O. The molecule has 2 unspecified atom stereocenters. The summed E-state index contributed by atoms with van der Waals surface area (Å²) in [6.45, 7) is 2.91. The van der Waals surface area contributed by atoms with Crippen molar-refractivity contribution in [2.24, 2.45) is 0 Å². The van der Waals surface area contributed by atoms with Crippen molar-refractivity contribution < 1.29 is 9.18 Å². The number of carbonyl (C=O) groups excluding carboxylic acids is 1. The van der Waals surface area contributed by atoms with E-state index in [1.54, 1.807) is 12.1 Å². The van der Waals surface area contributed by atoms with Crippen LogP contribution in [-0.4, -0.2) is 24.5 Å². The Balaban J connectivity index is 1.78. The van der Waals surface area contributed by atoms with E-state index in [2.05, 4.69) is 10.6 Å². The lowest BCUT2D eigenvalue weighted by molar-refractivity contribution is -0.122. The van der Waals surface area contributed by atoms with E-state index in [1.165, 1.54) is 6.07 Å². The fourth-order valence-electron chi connectivity index (χ4n) is 2.53. The summed E-state index contributed by atoms with van der Waals surface area (Å²) in [4.78, 5) is 11.8. The lowest BCUT2D eigenvalue weighted by Crippen LogP contribution is -2.38. The molecule has 1 fully saturated rings. The topological polar surface area (TPSA) is 41.1 Å².